The number of aryl methyl sites for hydroxylation is 1. The highest BCUT2D eigenvalue weighted by molar-refractivity contribution is 6.31. The maximum Gasteiger partial charge on any atom is 0.313 e. The fourth-order valence-electron chi connectivity index (χ4n) is 5.95. The molecular weight excluding hydrogens is 514 g/mol. The van der Waals surface area contributed by atoms with Crippen LogP contribution in [0.3, 0.4) is 0 Å². The molecule has 0 bridgehead atoms. The Labute approximate surface area is 223 Å². The third-order valence-corrected chi connectivity index (χ3v) is 8.14. The van der Waals surface area contributed by atoms with Crippen molar-refractivity contribution in [1.29, 1.82) is 0 Å². The minimum atomic E-state index is -1.57. The predicted octanol–water partition coefficient (Wildman–Crippen LogP) is 5.52. The van der Waals surface area contributed by atoms with Crippen molar-refractivity contribution in [3.05, 3.63) is 99.1 Å². The van der Waals surface area contributed by atoms with E-state index >= 15 is 0 Å². The number of rotatable bonds is 4. The maximum atomic E-state index is 14.8. The zero-order valence-corrected chi connectivity index (χ0v) is 21.6. The quantitative estimate of drug-likeness (QED) is 0.407. The van der Waals surface area contributed by atoms with Crippen molar-refractivity contribution in [2.24, 2.45) is 0 Å². The smallest absolute Gasteiger partial charge is 0.313 e. The number of carboxylic acids is 1. The maximum absolute atomic E-state index is 14.8. The molecular formula is C29H25ClF2N2O4. The molecule has 38 heavy (non-hydrogen) atoms. The molecule has 1 fully saturated rings. The number of amides is 2. The Hall–Kier alpha value is -3.78. The molecule has 3 atom stereocenters. The Morgan fingerprint density at radius 1 is 1.03 bits per heavy atom. The predicted molar refractivity (Wildman–Crippen MR) is 138 cm³/mol. The van der Waals surface area contributed by atoms with Gasteiger partial charge in [0.1, 0.15) is 17.0 Å². The summed E-state index contributed by atoms with van der Waals surface area (Å²) in [5.74, 6) is -4.26. The first-order valence-electron chi connectivity index (χ1n) is 12.1. The number of carboxylic acid groups (broad SMARTS) is 1. The zero-order chi connectivity index (χ0) is 27.6. The van der Waals surface area contributed by atoms with Gasteiger partial charge in [0, 0.05) is 23.0 Å². The van der Waals surface area contributed by atoms with Gasteiger partial charge in [-0.1, -0.05) is 29.8 Å². The molecule has 0 radical (unpaired) electrons. The van der Waals surface area contributed by atoms with Gasteiger partial charge in [-0.25, -0.2) is 8.78 Å². The molecule has 1 saturated heterocycles. The van der Waals surface area contributed by atoms with E-state index in [9.17, 15) is 28.3 Å². The van der Waals surface area contributed by atoms with Crippen molar-refractivity contribution in [3.8, 4) is 0 Å². The monoisotopic (exact) mass is 538 g/mol. The minimum Gasteiger partial charge on any atom is -0.481 e. The van der Waals surface area contributed by atoms with Crippen LogP contribution >= 0.6 is 11.6 Å². The van der Waals surface area contributed by atoms with E-state index in [1.807, 2.05) is 0 Å². The van der Waals surface area contributed by atoms with E-state index in [2.05, 4.69) is 10.6 Å². The molecule has 1 spiro atoms. The lowest BCUT2D eigenvalue weighted by Gasteiger charge is -2.47. The second kappa shape index (κ2) is 8.91. The molecule has 196 valence electrons. The minimum absolute atomic E-state index is 0.226. The summed E-state index contributed by atoms with van der Waals surface area (Å²) in [6.45, 7) is 4.71. The molecule has 0 saturated carbocycles. The number of aliphatic carboxylic acids is 1. The molecule has 6 nitrogen and oxygen atoms in total. The first-order valence-corrected chi connectivity index (χ1v) is 12.5. The average Bonchev–Trinajstić information content (AvgIpc) is 3.12. The van der Waals surface area contributed by atoms with Crippen molar-refractivity contribution >= 4 is 35.1 Å². The fourth-order valence-corrected chi connectivity index (χ4v) is 6.12. The van der Waals surface area contributed by atoms with Crippen LogP contribution in [0.4, 0.5) is 14.5 Å². The summed E-state index contributed by atoms with van der Waals surface area (Å²) in [5, 5.41) is 16.2. The number of fused-ring (bicyclic) bond motifs is 2. The Kier molecular flexibility index (Phi) is 6.06. The summed E-state index contributed by atoms with van der Waals surface area (Å²) in [6.07, 6.45) is -0.230. The SMILES string of the molecule is Cc1ccc(F)cc1[C@H]1NC(=O)C[C@H](c2cc(F)ccc2C(C)(C)C(=O)O)[C@@]12C(=O)Nc1cc(Cl)ccc12. The van der Waals surface area contributed by atoms with Gasteiger partial charge in [-0.05, 0) is 85.0 Å². The van der Waals surface area contributed by atoms with E-state index in [4.69, 9.17) is 11.6 Å². The van der Waals surface area contributed by atoms with Crippen molar-refractivity contribution in [3.63, 3.8) is 0 Å². The van der Waals surface area contributed by atoms with E-state index in [-0.39, 0.29) is 17.5 Å². The van der Waals surface area contributed by atoms with Crippen molar-refractivity contribution in [2.45, 2.75) is 50.0 Å². The van der Waals surface area contributed by atoms with Crippen LogP contribution in [0.25, 0.3) is 0 Å². The summed E-state index contributed by atoms with van der Waals surface area (Å²) in [7, 11) is 0. The Bertz CT molecular complexity index is 1520. The van der Waals surface area contributed by atoms with Crippen LogP contribution in [-0.2, 0) is 25.2 Å². The summed E-state index contributed by atoms with van der Waals surface area (Å²) in [5.41, 5.74) is -0.607. The van der Waals surface area contributed by atoms with E-state index in [0.717, 1.165) is 6.07 Å². The van der Waals surface area contributed by atoms with E-state index in [0.29, 0.717) is 27.4 Å². The van der Waals surface area contributed by atoms with Gasteiger partial charge in [0.25, 0.3) is 0 Å². The number of nitrogens with one attached hydrogen (secondary N) is 2. The molecule has 3 aromatic carbocycles. The van der Waals surface area contributed by atoms with E-state index in [1.165, 1.54) is 38.1 Å². The Morgan fingerprint density at radius 2 is 1.68 bits per heavy atom. The highest BCUT2D eigenvalue weighted by atomic mass is 35.5. The van der Waals surface area contributed by atoms with Gasteiger partial charge in [-0.2, -0.15) is 0 Å². The van der Waals surface area contributed by atoms with Gasteiger partial charge in [0.05, 0.1) is 11.5 Å². The molecule has 3 N–H and O–H groups in total. The summed E-state index contributed by atoms with van der Waals surface area (Å²) in [6, 6.07) is 11.7. The molecule has 0 aliphatic carbocycles. The lowest BCUT2D eigenvalue weighted by molar-refractivity contribution is -0.142. The molecule has 0 unspecified atom stereocenters. The lowest BCUT2D eigenvalue weighted by Crippen LogP contribution is -2.57. The number of piperidine rings is 1. The summed E-state index contributed by atoms with van der Waals surface area (Å²) in [4.78, 5) is 39.7. The van der Waals surface area contributed by atoms with Crippen LogP contribution in [0.5, 0.6) is 0 Å². The average molecular weight is 539 g/mol. The third kappa shape index (κ3) is 3.77. The summed E-state index contributed by atoms with van der Waals surface area (Å²) < 4.78 is 29.4. The van der Waals surface area contributed by atoms with Crippen LogP contribution in [0, 0.1) is 18.6 Å². The van der Waals surface area contributed by atoms with Crippen LogP contribution in [-0.4, -0.2) is 22.9 Å². The summed E-state index contributed by atoms with van der Waals surface area (Å²) >= 11 is 6.23. The third-order valence-electron chi connectivity index (χ3n) is 7.90. The van der Waals surface area contributed by atoms with Crippen LogP contribution < -0.4 is 10.6 Å². The van der Waals surface area contributed by atoms with Gasteiger partial charge in [0.15, 0.2) is 0 Å². The number of hydrogen-bond donors (Lipinski definition) is 3. The highest BCUT2D eigenvalue weighted by Gasteiger charge is 2.62. The molecule has 2 heterocycles. The lowest BCUT2D eigenvalue weighted by atomic mass is 9.57. The van der Waals surface area contributed by atoms with Crippen LogP contribution in [0.1, 0.15) is 60.0 Å². The van der Waals surface area contributed by atoms with Crippen LogP contribution in [0.2, 0.25) is 5.02 Å². The zero-order valence-electron chi connectivity index (χ0n) is 20.9. The van der Waals surface area contributed by atoms with E-state index in [1.54, 1.807) is 31.2 Å². The molecule has 9 heteroatoms. The number of anilines is 1. The molecule has 5 rings (SSSR count). The highest BCUT2D eigenvalue weighted by Crippen LogP contribution is 2.58. The number of carbonyl (C=O) groups is 3. The van der Waals surface area contributed by atoms with Gasteiger partial charge in [-0.3, -0.25) is 14.4 Å². The van der Waals surface area contributed by atoms with E-state index < -0.39 is 52.2 Å². The normalized spacial score (nSPS) is 22.7. The molecule has 2 aliphatic heterocycles. The second-order valence-electron chi connectivity index (χ2n) is 10.4. The van der Waals surface area contributed by atoms with Crippen molar-refractivity contribution in [2.75, 3.05) is 5.32 Å². The first-order chi connectivity index (χ1) is 17.9. The second-order valence-corrected chi connectivity index (χ2v) is 10.9. The molecule has 2 aliphatic rings. The number of benzene rings is 3. The van der Waals surface area contributed by atoms with Gasteiger partial charge in [-0.15, -0.1) is 0 Å². The number of halogens is 3. The largest absolute Gasteiger partial charge is 0.481 e. The van der Waals surface area contributed by atoms with Gasteiger partial charge >= 0.3 is 5.97 Å². The number of hydrogen-bond acceptors (Lipinski definition) is 3. The topological polar surface area (TPSA) is 95.5 Å². The molecule has 0 aromatic heterocycles. The van der Waals surface area contributed by atoms with Gasteiger partial charge < -0.3 is 15.7 Å². The standard InChI is InChI=1S/C29H25ClF2N2O4/c1-14-4-6-16(31)11-18(14)25-29(21-8-5-15(30)10-23(21)33-26(29)36)22(13-24(35)34-25)19-12-17(32)7-9-20(19)28(2,3)27(37)38/h4-12,22,25H,13H2,1-3H3,(H,33,36)(H,34,35)(H,37,38)/t22-,25-,29-/m1/s1. The Morgan fingerprint density at radius 3 is 2.37 bits per heavy atom. The van der Waals surface area contributed by atoms with Crippen molar-refractivity contribution < 1.29 is 28.3 Å². The fraction of sp³-hybridized carbons (Fsp3) is 0.276. The molecule has 3 aromatic rings. The van der Waals surface area contributed by atoms with Gasteiger partial charge in [0.2, 0.25) is 11.8 Å². The first kappa shape index (κ1) is 25.9. The van der Waals surface area contributed by atoms with Crippen LogP contribution in [0.15, 0.2) is 54.6 Å². The van der Waals surface area contributed by atoms with Crippen molar-refractivity contribution in [1.82, 2.24) is 5.32 Å². The Balaban J connectivity index is 1.88. The number of carbonyl (C=O) groups excluding carboxylic acids is 2. The molecule has 2 amide bonds.